The SMILES string of the molecule is CCC(OC)c1noc(C(C)CCN)n1. The molecule has 0 saturated carbocycles. The summed E-state index contributed by atoms with van der Waals surface area (Å²) < 4.78 is 10.4. The molecule has 5 nitrogen and oxygen atoms in total. The van der Waals surface area contributed by atoms with Crippen LogP contribution in [-0.4, -0.2) is 23.8 Å². The average Bonchev–Trinajstić information content (AvgIpc) is 2.69. The standard InChI is InChI=1S/C10H19N3O2/c1-4-8(14-3)9-12-10(15-13-9)7(2)5-6-11/h7-8H,4-6,11H2,1-3H3. The molecule has 0 fully saturated rings. The van der Waals surface area contributed by atoms with Crippen LogP contribution in [0.4, 0.5) is 0 Å². The van der Waals surface area contributed by atoms with E-state index in [1.807, 2.05) is 13.8 Å². The fourth-order valence-corrected chi connectivity index (χ4v) is 1.41. The number of aromatic nitrogens is 2. The molecule has 2 unspecified atom stereocenters. The van der Waals surface area contributed by atoms with Crippen LogP contribution in [0.1, 0.15) is 50.4 Å². The smallest absolute Gasteiger partial charge is 0.229 e. The summed E-state index contributed by atoms with van der Waals surface area (Å²) >= 11 is 0. The lowest BCUT2D eigenvalue weighted by Crippen LogP contribution is -2.06. The van der Waals surface area contributed by atoms with Crippen molar-refractivity contribution in [3.05, 3.63) is 11.7 Å². The van der Waals surface area contributed by atoms with Gasteiger partial charge in [0.2, 0.25) is 11.7 Å². The van der Waals surface area contributed by atoms with Crippen LogP contribution < -0.4 is 5.73 Å². The van der Waals surface area contributed by atoms with E-state index >= 15 is 0 Å². The second-order valence-electron chi connectivity index (χ2n) is 3.60. The van der Waals surface area contributed by atoms with Crippen LogP contribution in [0.5, 0.6) is 0 Å². The summed E-state index contributed by atoms with van der Waals surface area (Å²) in [5, 5.41) is 3.91. The maximum Gasteiger partial charge on any atom is 0.229 e. The van der Waals surface area contributed by atoms with E-state index in [1.54, 1.807) is 7.11 Å². The molecule has 0 aromatic carbocycles. The maximum absolute atomic E-state index is 5.47. The largest absolute Gasteiger partial charge is 0.373 e. The van der Waals surface area contributed by atoms with E-state index in [9.17, 15) is 0 Å². The fourth-order valence-electron chi connectivity index (χ4n) is 1.41. The first-order valence-corrected chi connectivity index (χ1v) is 5.29. The highest BCUT2D eigenvalue weighted by atomic mass is 16.5. The molecule has 0 bridgehead atoms. The van der Waals surface area contributed by atoms with Gasteiger partial charge in [-0.15, -0.1) is 0 Å². The topological polar surface area (TPSA) is 74.2 Å². The van der Waals surface area contributed by atoms with Gasteiger partial charge in [0.25, 0.3) is 0 Å². The molecule has 0 aliphatic rings. The molecule has 2 N–H and O–H groups in total. The van der Waals surface area contributed by atoms with Gasteiger partial charge >= 0.3 is 0 Å². The van der Waals surface area contributed by atoms with E-state index in [0.29, 0.717) is 18.3 Å². The van der Waals surface area contributed by atoms with Crippen molar-refractivity contribution in [1.29, 1.82) is 0 Å². The second-order valence-corrected chi connectivity index (χ2v) is 3.60. The lowest BCUT2D eigenvalue weighted by molar-refractivity contribution is 0.0903. The molecule has 0 amide bonds. The van der Waals surface area contributed by atoms with Gasteiger partial charge in [0.1, 0.15) is 6.10 Å². The lowest BCUT2D eigenvalue weighted by Gasteiger charge is -2.06. The molecule has 0 aliphatic heterocycles. The first-order chi connectivity index (χ1) is 7.22. The Bertz CT molecular complexity index is 284. The van der Waals surface area contributed by atoms with E-state index in [0.717, 1.165) is 12.8 Å². The van der Waals surface area contributed by atoms with E-state index < -0.39 is 0 Å². The van der Waals surface area contributed by atoms with Crippen molar-refractivity contribution in [3.63, 3.8) is 0 Å². The highest BCUT2D eigenvalue weighted by molar-refractivity contribution is 4.95. The Labute approximate surface area is 90.0 Å². The van der Waals surface area contributed by atoms with Gasteiger partial charge in [-0.05, 0) is 19.4 Å². The van der Waals surface area contributed by atoms with Gasteiger partial charge < -0.3 is 15.0 Å². The number of ether oxygens (including phenoxy) is 1. The predicted octanol–water partition coefficient (Wildman–Crippen LogP) is 1.62. The fraction of sp³-hybridized carbons (Fsp3) is 0.800. The monoisotopic (exact) mass is 213 g/mol. The summed E-state index contributed by atoms with van der Waals surface area (Å²) in [6.45, 7) is 4.67. The maximum atomic E-state index is 5.47. The van der Waals surface area contributed by atoms with Crippen LogP contribution in [0.2, 0.25) is 0 Å². The highest BCUT2D eigenvalue weighted by Gasteiger charge is 2.18. The quantitative estimate of drug-likeness (QED) is 0.777. The Hall–Kier alpha value is -0.940. The second kappa shape index (κ2) is 5.82. The van der Waals surface area contributed by atoms with Gasteiger partial charge in [-0.2, -0.15) is 4.98 Å². The number of nitrogens with two attached hydrogens (primary N) is 1. The first kappa shape index (κ1) is 12.1. The summed E-state index contributed by atoms with van der Waals surface area (Å²) in [5.41, 5.74) is 5.47. The van der Waals surface area contributed by atoms with Crippen molar-refractivity contribution in [3.8, 4) is 0 Å². The molecule has 1 aromatic heterocycles. The number of hydrogen-bond acceptors (Lipinski definition) is 5. The predicted molar refractivity (Wildman–Crippen MR) is 56.4 cm³/mol. The van der Waals surface area contributed by atoms with Crippen LogP contribution in [0.25, 0.3) is 0 Å². The van der Waals surface area contributed by atoms with E-state index in [1.165, 1.54) is 0 Å². The molecule has 0 aliphatic carbocycles. The molecule has 2 atom stereocenters. The molecule has 15 heavy (non-hydrogen) atoms. The van der Waals surface area contributed by atoms with Crippen molar-refractivity contribution in [2.75, 3.05) is 13.7 Å². The number of rotatable bonds is 6. The molecule has 0 radical (unpaired) electrons. The third kappa shape index (κ3) is 3.00. The summed E-state index contributed by atoms with van der Waals surface area (Å²) in [7, 11) is 1.65. The van der Waals surface area contributed by atoms with E-state index in [4.69, 9.17) is 15.0 Å². The Balaban J connectivity index is 2.70. The summed E-state index contributed by atoms with van der Waals surface area (Å²) in [5.74, 6) is 1.48. The van der Waals surface area contributed by atoms with Gasteiger partial charge in [-0.3, -0.25) is 0 Å². The van der Waals surface area contributed by atoms with Crippen molar-refractivity contribution in [1.82, 2.24) is 10.1 Å². The Kier molecular flexibility index (Phi) is 4.71. The molecule has 1 rings (SSSR count). The molecular weight excluding hydrogens is 194 g/mol. The van der Waals surface area contributed by atoms with Crippen molar-refractivity contribution < 1.29 is 9.26 Å². The Morgan fingerprint density at radius 2 is 2.27 bits per heavy atom. The third-order valence-corrected chi connectivity index (χ3v) is 2.42. The Morgan fingerprint density at radius 1 is 1.53 bits per heavy atom. The van der Waals surface area contributed by atoms with Gasteiger partial charge in [0, 0.05) is 13.0 Å². The van der Waals surface area contributed by atoms with Gasteiger partial charge in [0.15, 0.2) is 0 Å². The molecule has 5 heteroatoms. The van der Waals surface area contributed by atoms with Crippen LogP contribution in [-0.2, 0) is 4.74 Å². The van der Waals surface area contributed by atoms with Crippen molar-refractivity contribution in [2.45, 2.75) is 38.7 Å². The molecule has 0 spiro atoms. The zero-order valence-electron chi connectivity index (χ0n) is 9.56. The highest BCUT2D eigenvalue weighted by Crippen LogP contribution is 2.21. The molecular formula is C10H19N3O2. The summed E-state index contributed by atoms with van der Waals surface area (Å²) in [6.07, 6.45) is 1.61. The summed E-state index contributed by atoms with van der Waals surface area (Å²) in [4.78, 5) is 4.31. The van der Waals surface area contributed by atoms with Crippen molar-refractivity contribution >= 4 is 0 Å². The Morgan fingerprint density at radius 3 is 2.80 bits per heavy atom. The normalized spacial score (nSPS) is 15.2. The van der Waals surface area contributed by atoms with Gasteiger partial charge in [-0.25, -0.2) is 0 Å². The zero-order chi connectivity index (χ0) is 11.3. The minimum atomic E-state index is -0.0763. The third-order valence-electron chi connectivity index (χ3n) is 2.42. The van der Waals surface area contributed by atoms with Crippen molar-refractivity contribution in [2.24, 2.45) is 5.73 Å². The summed E-state index contributed by atoms with van der Waals surface area (Å²) in [6, 6.07) is 0. The number of hydrogen-bond donors (Lipinski definition) is 1. The molecule has 86 valence electrons. The molecule has 0 saturated heterocycles. The van der Waals surface area contributed by atoms with Crippen LogP contribution in [0.15, 0.2) is 4.52 Å². The minimum absolute atomic E-state index is 0.0763. The zero-order valence-corrected chi connectivity index (χ0v) is 9.56. The van der Waals surface area contributed by atoms with E-state index in [2.05, 4.69) is 10.1 Å². The minimum Gasteiger partial charge on any atom is -0.373 e. The lowest BCUT2D eigenvalue weighted by atomic mass is 10.1. The van der Waals surface area contributed by atoms with E-state index in [-0.39, 0.29) is 12.0 Å². The molecule has 1 aromatic rings. The molecule has 1 heterocycles. The number of nitrogens with zero attached hydrogens (tertiary/aromatic N) is 2. The van der Waals surface area contributed by atoms with Crippen LogP contribution >= 0.6 is 0 Å². The van der Waals surface area contributed by atoms with Crippen LogP contribution in [0, 0.1) is 0 Å². The van der Waals surface area contributed by atoms with Gasteiger partial charge in [-0.1, -0.05) is 19.0 Å². The first-order valence-electron chi connectivity index (χ1n) is 5.29. The van der Waals surface area contributed by atoms with Crippen LogP contribution in [0.3, 0.4) is 0 Å². The van der Waals surface area contributed by atoms with Gasteiger partial charge in [0.05, 0.1) is 0 Å². The average molecular weight is 213 g/mol. The number of methoxy groups -OCH3 is 1.